The largest absolute Gasteiger partial charge is 0.489 e. The average Bonchev–Trinajstić information content (AvgIpc) is 2.87. The number of amides is 1. The summed E-state index contributed by atoms with van der Waals surface area (Å²) < 4.78 is 11.3. The molecule has 2 aromatic carbocycles. The van der Waals surface area contributed by atoms with Crippen molar-refractivity contribution in [3.63, 3.8) is 0 Å². The minimum absolute atomic E-state index is 0.114. The van der Waals surface area contributed by atoms with Crippen LogP contribution in [0.4, 0.5) is 5.82 Å². The van der Waals surface area contributed by atoms with E-state index in [2.05, 4.69) is 15.2 Å². The zero-order chi connectivity index (χ0) is 24.6. The van der Waals surface area contributed by atoms with E-state index in [0.29, 0.717) is 40.9 Å². The van der Waals surface area contributed by atoms with Gasteiger partial charge in [0, 0.05) is 60.0 Å². The van der Waals surface area contributed by atoms with Crippen LogP contribution >= 0.6 is 23.2 Å². The normalized spacial score (nSPS) is 14.0. The van der Waals surface area contributed by atoms with Gasteiger partial charge in [-0.2, -0.15) is 0 Å². The van der Waals surface area contributed by atoms with E-state index in [0.717, 1.165) is 49.5 Å². The number of benzene rings is 2. The van der Waals surface area contributed by atoms with Crippen LogP contribution in [0.5, 0.6) is 5.75 Å². The number of nitrogen functional groups attached to an aromatic ring is 1. The first kappa shape index (κ1) is 25.3. The van der Waals surface area contributed by atoms with Gasteiger partial charge in [0.15, 0.2) is 11.6 Å². The molecule has 1 saturated heterocycles. The van der Waals surface area contributed by atoms with Crippen molar-refractivity contribution in [2.24, 2.45) is 0 Å². The zero-order valence-electron chi connectivity index (χ0n) is 19.3. The van der Waals surface area contributed by atoms with Gasteiger partial charge in [-0.15, -0.1) is 0 Å². The third-order valence-corrected chi connectivity index (χ3v) is 6.54. The fourth-order valence-electron chi connectivity index (χ4n) is 3.86. The van der Waals surface area contributed by atoms with Crippen LogP contribution < -0.4 is 15.8 Å². The number of aromatic nitrogens is 1. The van der Waals surface area contributed by atoms with Gasteiger partial charge in [-0.05, 0) is 41.5 Å². The molecule has 0 bridgehead atoms. The van der Waals surface area contributed by atoms with Crippen molar-refractivity contribution in [3.8, 4) is 16.9 Å². The lowest BCUT2D eigenvalue weighted by Crippen LogP contribution is -2.41. The number of halogens is 2. The van der Waals surface area contributed by atoms with Crippen LogP contribution in [-0.2, 0) is 11.2 Å². The second-order valence-corrected chi connectivity index (χ2v) is 9.01. The van der Waals surface area contributed by atoms with Gasteiger partial charge in [-0.1, -0.05) is 41.4 Å². The molecule has 0 aliphatic carbocycles. The molecule has 0 saturated carbocycles. The number of hydrogen-bond acceptors (Lipinski definition) is 6. The summed E-state index contributed by atoms with van der Waals surface area (Å²) >= 11 is 12.5. The van der Waals surface area contributed by atoms with E-state index in [1.165, 1.54) is 0 Å². The standard InChI is InChI=1S/C26H28Cl2N4O3/c27-22-5-2-6-23(28)21(22)7-12-35-24-16-20(17-31-25(24)29)18-3-1-4-19(15-18)26(33)30-8-9-32-10-13-34-14-11-32/h1-6,15-17H,7-14H2,(H2,29,31)(H,30,33). The second-order valence-electron chi connectivity index (χ2n) is 8.20. The van der Waals surface area contributed by atoms with Crippen LogP contribution in [0.25, 0.3) is 11.1 Å². The Morgan fingerprint density at radius 1 is 1.09 bits per heavy atom. The van der Waals surface area contributed by atoms with Gasteiger partial charge in [0.25, 0.3) is 5.91 Å². The summed E-state index contributed by atoms with van der Waals surface area (Å²) in [6, 6.07) is 14.6. The molecule has 35 heavy (non-hydrogen) atoms. The van der Waals surface area contributed by atoms with E-state index in [1.54, 1.807) is 30.5 Å². The van der Waals surface area contributed by atoms with Gasteiger partial charge < -0.3 is 20.5 Å². The van der Waals surface area contributed by atoms with Crippen LogP contribution in [0.1, 0.15) is 15.9 Å². The van der Waals surface area contributed by atoms with Gasteiger partial charge in [-0.25, -0.2) is 4.98 Å². The molecule has 9 heteroatoms. The maximum atomic E-state index is 12.7. The molecule has 0 radical (unpaired) electrons. The van der Waals surface area contributed by atoms with Crippen LogP contribution in [0.2, 0.25) is 10.0 Å². The first-order valence-electron chi connectivity index (χ1n) is 11.5. The number of hydrogen-bond donors (Lipinski definition) is 2. The van der Waals surface area contributed by atoms with E-state index in [9.17, 15) is 4.79 Å². The minimum Gasteiger partial charge on any atom is -0.489 e. The van der Waals surface area contributed by atoms with Crippen LogP contribution in [0, 0.1) is 0 Å². The molecule has 2 heterocycles. The van der Waals surface area contributed by atoms with Gasteiger partial charge >= 0.3 is 0 Å². The second kappa shape index (κ2) is 12.2. The highest BCUT2D eigenvalue weighted by atomic mass is 35.5. The lowest BCUT2D eigenvalue weighted by Gasteiger charge is -2.26. The molecule has 1 aliphatic heterocycles. The summed E-state index contributed by atoms with van der Waals surface area (Å²) in [6.45, 7) is 4.99. The predicted molar refractivity (Wildman–Crippen MR) is 139 cm³/mol. The highest BCUT2D eigenvalue weighted by molar-refractivity contribution is 6.36. The van der Waals surface area contributed by atoms with Gasteiger partial charge in [-0.3, -0.25) is 9.69 Å². The molecule has 184 valence electrons. The summed E-state index contributed by atoms with van der Waals surface area (Å²) in [5, 5.41) is 4.19. The summed E-state index contributed by atoms with van der Waals surface area (Å²) in [4.78, 5) is 19.2. The summed E-state index contributed by atoms with van der Waals surface area (Å²) in [5.74, 6) is 0.638. The number of nitrogens with two attached hydrogens (primary N) is 1. The highest BCUT2D eigenvalue weighted by Crippen LogP contribution is 2.29. The van der Waals surface area contributed by atoms with Crippen LogP contribution in [0.15, 0.2) is 54.7 Å². The molecule has 7 nitrogen and oxygen atoms in total. The van der Waals surface area contributed by atoms with Crippen molar-refractivity contribution >= 4 is 34.9 Å². The Labute approximate surface area is 215 Å². The van der Waals surface area contributed by atoms with E-state index in [1.807, 2.05) is 24.3 Å². The number of rotatable bonds is 9. The number of morpholine rings is 1. The van der Waals surface area contributed by atoms with E-state index in [-0.39, 0.29) is 11.7 Å². The topological polar surface area (TPSA) is 89.7 Å². The van der Waals surface area contributed by atoms with E-state index >= 15 is 0 Å². The Morgan fingerprint density at radius 3 is 2.60 bits per heavy atom. The third-order valence-electron chi connectivity index (χ3n) is 5.83. The molecule has 4 rings (SSSR count). The molecule has 0 atom stereocenters. The zero-order valence-corrected chi connectivity index (χ0v) is 20.8. The molecule has 1 fully saturated rings. The van der Waals surface area contributed by atoms with Crippen molar-refractivity contribution in [1.29, 1.82) is 0 Å². The SMILES string of the molecule is Nc1ncc(-c2cccc(C(=O)NCCN3CCOCC3)c2)cc1OCCc1c(Cl)cccc1Cl. The maximum Gasteiger partial charge on any atom is 0.251 e. The van der Waals surface area contributed by atoms with E-state index < -0.39 is 0 Å². The van der Waals surface area contributed by atoms with Crippen molar-refractivity contribution in [2.75, 3.05) is 51.7 Å². The lowest BCUT2D eigenvalue weighted by atomic mass is 10.0. The monoisotopic (exact) mass is 514 g/mol. The number of nitrogens with zero attached hydrogens (tertiary/aromatic N) is 2. The van der Waals surface area contributed by atoms with Crippen molar-refractivity contribution in [1.82, 2.24) is 15.2 Å². The molecule has 3 N–H and O–H groups in total. The summed E-state index contributed by atoms with van der Waals surface area (Å²) in [5.41, 5.74) is 9.09. The Bertz CT molecular complexity index is 1150. The number of anilines is 1. The quantitative estimate of drug-likeness (QED) is 0.441. The number of ether oxygens (including phenoxy) is 2. The molecular weight excluding hydrogens is 487 g/mol. The molecule has 3 aromatic rings. The lowest BCUT2D eigenvalue weighted by molar-refractivity contribution is 0.0383. The maximum absolute atomic E-state index is 12.7. The van der Waals surface area contributed by atoms with Crippen molar-refractivity contribution in [2.45, 2.75) is 6.42 Å². The first-order valence-corrected chi connectivity index (χ1v) is 12.3. The Hall–Kier alpha value is -2.84. The average molecular weight is 515 g/mol. The number of carbonyl (C=O) groups is 1. The minimum atomic E-state index is -0.114. The molecule has 1 aromatic heterocycles. The Morgan fingerprint density at radius 2 is 1.83 bits per heavy atom. The predicted octanol–water partition coefficient (Wildman–Crippen LogP) is 4.32. The van der Waals surface area contributed by atoms with Crippen LogP contribution in [0.3, 0.4) is 0 Å². The number of nitrogens with one attached hydrogen (secondary N) is 1. The first-order chi connectivity index (χ1) is 17.0. The summed E-state index contributed by atoms with van der Waals surface area (Å²) in [7, 11) is 0. The molecular formula is C26H28Cl2N4O3. The van der Waals surface area contributed by atoms with Crippen molar-refractivity contribution in [3.05, 3.63) is 75.9 Å². The molecule has 0 unspecified atom stereocenters. The smallest absolute Gasteiger partial charge is 0.251 e. The number of carbonyl (C=O) groups excluding carboxylic acids is 1. The van der Waals surface area contributed by atoms with Gasteiger partial charge in [0.05, 0.1) is 19.8 Å². The third kappa shape index (κ3) is 6.86. The van der Waals surface area contributed by atoms with E-state index in [4.69, 9.17) is 38.4 Å². The Balaban J connectivity index is 1.38. The molecule has 0 spiro atoms. The number of pyridine rings is 1. The van der Waals surface area contributed by atoms with Crippen molar-refractivity contribution < 1.29 is 14.3 Å². The molecule has 1 amide bonds. The fraction of sp³-hybridized carbons (Fsp3) is 0.308. The fourth-order valence-corrected chi connectivity index (χ4v) is 4.44. The molecule has 1 aliphatic rings. The van der Waals surface area contributed by atoms with Crippen LogP contribution in [-0.4, -0.2) is 61.8 Å². The Kier molecular flexibility index (Phi) is 8.82. The highest BCUT2D eigenvalue weighted by Gasteiger charge is 2.13. The van der Waals surface area contributed by atoms with Gasteiger partial charge in [0.2, 0.25) is 0 Å². The summed E-state index contributed by atoms with van der Waals surface area (Å²) in [6.07, 6.45) is 2.20. The van der Waals surface area contributed by atoms with Gasteiger partial charge in [0.1, 0.15) is 0 Å².